The molecule has 0 spiro atoms. The Bertz CT molecular complexity index is 1190. The second kappa shape index (κ2) is 6.95. The summed E-state index contributed by atoms with van der Waals surface area (Å²) in [5.74, 6) is -1.22. The molecule has 2 atom stereocenters. The summed E-state index contributed by atoms with van der Waals surface area (Å²) in [4.78, 5) is 4.40. The Balaban J connectivity index is 1.64. The van der Waals surface area contributed by atoms with Crippen LogP contribution in [0.15, 0.2) is 30.5 Å². The van der Waals surface area contributed by atoms with Crippen LogP contribution in [0.1, 0.15) is 41.8 Å². The van der Waals surface area contributed by atoms with Crippen molar-refractivity contribution in [3.05, 3.63) is 58.7 Å². The number of pyridine rings is 1. The summed E-state index contributed by atoms with van der Waals surface area (Å²) in [6, 6.07) is 8.30. The Morgan fingerprint density at radius 1 is 1.43 bits per heavy atom. The molecule has 0 unspecified atom stereocenters. The molecule has 4 rings (SSSR count). The lowest BCUT2D eigenvalue weighted by atomic mass is 9.92. The molecule has 1 aliphatic carbocycles. The number of guanidine groups is 1. The third-order valence-electron chi connectivity index (χ3n) is 5.66. The topological polar surface area (TPSA) is 122 Å². The van der Waals surface area contributed by atoms with Crippen molar-refractivity contribution in [3.8, 4) is 6.07 Å². The fourth-order valence-corrected chi connectivity index (χ4v) is 5.51. The summed E-state index contributed by atoms with van der Waals surface area (Å²) in [5.41, 5.74) is 1.90. The van der Waals surface area contributed by atoms with Crippen molar-refractivity contribution in [2.24, 2.45) is 0 Å². The lowest BCUT2D eigenvalue weighted by Crippen LogP contribution is -2.61. The summed E-state index contributed by atoms with van der Waals surface area (Å²) in [6.07, 6.45) is 3.10. The molecule has 30 heavy (non-hydrogen) atoms. The van der Waals surface area contributed by atoms with Crippen molar-refractivity contribution in [2.45, 2.75) is 31.3 Å². The first-order valence-corrected chi connectivity index (χ1v) is 11.0. The number of nitrogens with one attached hydrogen (secondary N) is 3. The van der Waals surface area contributed by atoms with E-state index in [2.05, 4.69) is 21.7 Å². The maximum atomic E-state index is 14.7. The number of benzene rings is 1. The molecule has 3 N–H and O–H groups in total. The third kappa shape index (κ3) is 3.35. The maximum absolute atomic E-state index is 14.7. The molecule has 0 amide bonds. The van der Waals surface area contributed by atoms with Crippen molar-refractivity contribution < 1.29 is 12.8 Å². The molecule has 1 saturated heterocycles. The van der Waals surface area contributed by atoms with Gasteiger partial charge in [0.2, 0.25) is 16.0 Å². The summed E-state index contributed by atoms with van der Waals surface area (Å²) in [7, 11) is -2.45. The van der Waals surface area contributed by atoms with Crippen molar-refractivity contribution in [1.29, 1.82) is 10.7 Å². The highest BCUT2D eigenvalue weighted by Crippen LogP contribution is 2.35. The number of rotatable bonds is 3. The van der Waals surface area contributed by atoms with E-state index in [1.165, 1.54) is 19.3 Å². The first-order valence-electron chi connectivity index (χ1n) is 9.42. The number of hydrogen-bond donors (Lipinski definition) is 3. The van der Waals surface area contributed by atoms with Gasteiger partial charge in [-0.25, -0.2) is 17.1 Å². The highest BCUT2D eigenvalue weighted by molar-refractivity contribution is 7.89. The lowest BCUT2D eigenvalue weighted by Gasteiger charge is -2.40. The van der Waals surface area contributed by atoms with E-state index in [0.717, 1.165) is 28.4 Å². The van der Waals surface area contributed by atoms with Crippen LogP contribution >= 0.6 is 0 Å². The highest BCUT2D eigenvalue weighted by Gasteiger charge is 2.43. The van der Waals surface area contributed by atoms with Gasteiger partial charge in [0.1, 0.15) is 11.9 Å². The SMILES string of the molecule is CN1C(=N)N[C@](C)(c2cc(N[C@@H]3CCc4cc(C#N)cnc43)ccc2F)CS1(=O)=O. The quantitative estimate of drug-likeness (QED) is 0.689. The van der Waals surface area contributed by atoms with E-state index >= 15 is 0 Å². The summed E-state index contributed by atoms with van der Waals surface area (Å²) in [6.45, 7) is 1.57. The molecule has 1 aliphatic heterocycles. The van der Waals surface area contributed by atoms with Gasteiger partial charge in [-0.05, 0) is 49.6 Å². The van der Waals surface area contributed by atoms with E-state index in [4.69, 9.17) is 10.7 Å². The van der Waals surface area contributed by atoms with Gasteiger partial charge in [-0.1, -0.05) is 0 Å². The molecule has 2 aromatic rings. The van der Waals surface area contributed by atoms with Crippen LogP contribution in [0, 0.1) is 22.6 Å². The Morgan fingerprint density at radius 3 is 2.90 bits per heavy atom. The van der Waals surface area contributed by atoms with E-state index < -0.39 is 21.4 Å². The zero-order valence-electron chi connectivity index (χ0n) is 16.5. The van der Waals surface area contributed by atoms with Crippen molar-refractivity contribution in [1.82, 2.24) is 14.6 Å². The minimum Gasteiger partial charge on any atom is -0.377 e. The van der Waals surface area contributed by atoms with Crippen molar-refractivity contribution in [3.63, 3.8) is 0 Å². The molecule has 2 aliphatic rings. The number of halogens is 1. The van der Waals surface area contributed by atoms with Gasteiger partial charge in [0, 0.05) is 24.5 Å². The predicted octanol–water partition coefficient (Wildman–Crippen LogP) is 2.21. The monoisotopic (exact) mass is 428 g/mol. The largest absolute Gasteiger partial charge is 0.377 e. The van der Waals surface area contributed by atoms with Crippen LogP contribution in [0.2, 0.25) is 0 Å². The molecule has 0 bridgehead atoms. The summed E-state index contributed by atoms with van der Waals surface area (Å²) < 4.78 is 40.4. The fraction of sp³-hybridized carbons (Fsp3) is 0.350. The number of hydrogen-bond acceptors (Lipinski definition) is 6. The molecule has 8 nitrogen and oxygen atoms in total. The standard InChI is InChI=1S/C20H21FN6O2S/c1-20(11-30(28,29)27(2)19(23)26-20)15-8-14(4-5-16(15)21)25-17-6-3-13-7-12(9-22)10-24-18(13)17/h4-5,7-8,10,17,25H,3,6,11H2,1-2H3,(H2,23,26)/t17-,20+/m1/s1. The van der Waals surface area contributed by atoms with Gasteiger partial charge in [0.15, 0.2) is 0 Å². The summed E-state index contributed by atoms with van der Waals surface area (Å²) >= 11 is 0. The van der Waals surface area contributed by atoms with E-state index in [-0.39, 0.29) is 23.3 Å². The van der Waals surface area contributed by atoms with Gasteiger partial charge >= 0.3 is 0 Å². The molecule has 1 aromatic carbocycles. The smallest absolute Gasteiger partial charge is 0.239 e. The molecule has 1 fully saturated rings. The van der Waals surface area contributed by atoms with Gasteiger partial charge < -0.3 is 10.6 Å². The Hall–Kier alpha value is -3.19. The van der Waals surface area contributed by atoms with Crippen molar-refractivity contribution >= 4 is 21.7 Å². The first-order chi connectivity index (χ1) is 14.1. The Kier molecular flexibility index (Phi) is 4.66. The molecule has 0 saturated carbocycles. The number of aryl methyl sites for hydroxylation is 1. The zero-order chi connectivity index (χ0) is 21.7. The number of sulfonamides is 1. The predicted molar refractivity (Wildman–Crippen MR) is 110 cm³/mol. The van der Waals surface area contributed by atoms with Crippen LogP contribution in [-0.4, -0.2) is 36.5 Å². The Labute approximate surface area is 174 Å². The first kappa shape index (κ1) is 20.1. The fourth-order valence-electron chi connectivity index (χ4n) is 4.03. The molecule has 0 radical (unpaired) electrons. The zero-order valence-corrected chi connectivity index (χ0v) is 17.3. The second-order valence-electron chi connectivity index (χ2n) is 7.84. The minimum absolute atomic E-state index is 0.0914. The van der Waals surface area contributed by atoms with E-state index in [9.17, 15) is 12.8 Å². The highest BCUT2D eigenvalue weighted by atomic mass is 32.2. The van der Waals surface area contributed by atoms with Crippen LogP contribution in [0.5, 0.6) is 0 Å². The van der Waals surface area contributed by atoms with E-state index in [1.54, 1.807) is 19.1 Å². The van der Waals surface area contributed by atoms with Gasteiger partial charge in [-0.2, -0.15) is 5.26 Å². The van der Waals surface area contributed by atoms with Crippen LogP contribution in [0.3, 0.4) is 0 Å². The minimum atomic E-state index is -3.74. The molecular weight excluding hydrogens is 407 g/mol. The average molecular weight is 428 g/mol. The van der Waals surface area contributed by atoms with E-state index in [1.807, 2.05) is 6.07 Å². The van der Waals surface area contributed by atoms with Crippen LogP contribution in [-0.2, 0) is 22.0 Å². The third-order valence-corrected chi connectivity index (χ3v) is 7.62. The normalized spacial score (nSPS) is 24.7. The van der Waals surface area contributed by atoms with Gasteiger partial charge in [-0.15, -0.1) is 0 Å². The number of aromatic nitrogens is 1. The number of nitriles is 1. The van der Waals surface area contributed by atoms with E-state index in [0.29, 0.717) is 11.3 Å². The number of fused-ring (bicyclic) bond motifs is 1. The van der Waals surface area contributed by atoms with Gasteiger partial charge in [-0.3, -0.25) is 10.4 Å². The molecule has 1 aromatic heterocycles. The summed E-state index contributed by atoms with van der Waals surface area (Å²) in [5, 5.41) is 23.1. The Morgan fingerprint density at radius 2 is 2.20 bits per heavy atom. The molecule has 10 heteroatoms. The van der Waals surface area contributed by atoms with Gasteiger partial charge in [0.25, 0.3) is 0 Å². The second-order valence-corrected chi connectivity index (χ2v) is 9.84. The number of nitrogens with zero attached hydrogens (tertiary/aromatic N) is 3. The van der Waals surface area contributed by atoms with Crippen LogP contribution in [0.25, 0.3) is 0 Å². The van der Waals surface area contributed by atoms with Crippen LogP contribution in [0.4, 0.5) is 10.1 Å². The molecule has 156 valence electrons. The molecular formula is C20H21FN6O2S. The van der Waals surface area contributed by atoms with Crippen molar-refractivity contribution in [2.75, 3.05) is 18.1 Å². The van der Waals surface area contributed by atoms with Gasteiger partial charge in [0.05, 0.1) is 28.6 Å². The lowest BCUT2D eigenvalue weighted by molar-refractivity contribution is 0.403. The van der Waals surface area contributed by atoms with Crippen LogP contribution < -0.4 is 10.6 Å². The maximum Gasteiger partial charge on any atom is 0.239 e. The number of anilines is 1. The molecule has 2 heterocycles. The average Bonchev–Trinajstić information content (AvgIpc) is 3.09.